The monoisotopic (exact) mass is 491 g/mol. The largest absolute Gasteiger partial charge is 0.294 e. The normalized spacial score (nSPS) is 18.1. The highest BCUT2D eigenvalue weighted by atomic mass is 19.1. The number of halogens is 1. The van der Waals surface area contributed by atoms with E-state index in [1.807, 2.05) is 6.07 Å². The molecule has 0 radical (unpaired) electrons. The Morgan fingerprint density at radius 3 is 2.00 bits per heavy atom. The van der Waals surface area contributed by atoms with Crippen LogP contribution in [0, 0.1) is 5.82 Å². The van der Waals surface area contributed by atoms with Gasteiger partial charge in [-0.2, -0.15) is 4.57 Å². The molecule has 3 aliphatic rings. The lowest BCUT2D eigenvalue weighted by atomic mass is 9.77. The first-order valence-corrected chi connectivity index (χ1v) is 14.4. The van der Waals surface area contributed by atoms with Gasteiger partial charge in [0.05, 0.1) is 5.56 Å². The zero-order valence-corrected chi connectivity index (χ0v) is 21.6. The Bertz CT molecular complexity index is 1380. The summed E-state index contributed by atoms with van der Waals surface area (Å²) in [6.45, 7) is 0.745. The van der Waals surface area contributed by atoms with E-state index in [2.05, 4.69) is 64.0 Å². The van der Waals surface area contributed by atoms with E-state index in [-0.39, 0.29) is 5.82 Å². The molecule has 37 heavy (non-hydrogen) atoms. The molecule has 0 atom stereocenters. The highest BCUT2D eigenvalue weighted by Gasteiger charge is 2.35. The molecule has 0 unspecified atom stereocenters. The van der Waals surface area contributed by atoms with Gasteiger partial charge in [-0.15, -0.1) is 0 Å². The molecule has 2 fully saturated rings. The average Bonchev–Trinajstić information content (AvgIpc) is 3.52. The van der Waals surface area contributed by atoms with Crippen LogP contribution < -0.4 is 4.57 Å². The van der Waals surface area contributed by atoms with Crippen LogP contribution >= 0.6 is 0 Å². The van der Waals surface area contributed by atoms with Crippen LogP contribution in [0.1, 0.15) is 92.7 Å². The van der Waals surface area contributed by atoms with Crippen LogP contribution in [-0.2, 0) is 6.54 Å². The maximum Gasteiger partial charge on any atom is 0.294 e. The van der Waals surface area contributed by atoms with E-state index >= 15 is 0 Å². The van der Waals surface area contributed by atoms with Crippen LogP contribution in [0.5, 0.6) is 0 Å². The van der Waals surface area contributed by atoms with Gasteiger partial charge in [-0.05, 0) is 79.0 Å². The number of hydrogen-bond donors (Lipinski definition) is 0. The lowest BCUT2D eigenvalue weighted by molar-refractivity contribution is -0.671. The molecule has 2 saturated carbocycles. The van der Waals surface area contributed by atoms with Gasteiger partial charge in [-0.25, -0.2) is 8.96 Å². The van der Waals surface area contributed by atoms with Crippen LogP contribution in [0.3, 0.4) is 0 Å². The molecule has 4 aromatic rings. The topological polar surface area (TPSA) is 8.81 Å². The van der Waals surface area contributed by atoms with Gasteiger partial charge in [0.1, 0.15) is 30.4 Å². The third-order valence-corrected chi connectivity index (χ3v) is 9.15. The Balaban J connectivity index is 1.48. The molecule has 0 N–H and O–H groups in total. The van der Waals surface area contributed by atoms with Gasteiger partial charge in [0, 0.05) is 16.7 Å². The zero-order valence-electron chi connectivity index (χ0n) is 21.6. The number of hydrogen-bond acceptors (Lipinski definition) is 0. The van der Waals surface area contributed by atoms with Gasteiger partial charge in [0.25, 0.3) is 5.82 Å². The smallest absolute Gasteiger partial charge is 0.225 e. The summed E-state index contributed by atoms with van der Waals surface area (Å²) in [7, 11) is 0. The minimum Gasteiger partial charge on any atom is -0.225 e. The summed E-state index contributed by atoms with van der Waals surface area (Å²) in [6.07, 6.45) is 17.5. The Morgan fingerprint density at radius 2 is 1.35 bits per heavy atom. The van der Waals surface area contributed by atoms with E-state index < -0.39 is 0 Å². The third kappa shape index (κ3) is 4.13. The number of rotatable bonds is 4. The molecule has 1 aromatic heterocycles. The van der Waals surface area contributed by atoms with Crippen molar-refractivity contribution in [2.75, 3.05) is 0 Å². The number of fused-ring (bicyclic) bond motifs is 3. The molecular formula is C34H36FN2+. The van der Waals surface area contributed by atoms with E-state index in [4.69, 9.17) is 0 Å². The molecule has 0 spiro atoms. The molecule has 3 heteroatoms. The van der Waals surface area contributed by atoms with Crippen molar-refractivity contribution in [3.05, 3.63) is 95.6 Å². The molecule has 2 heterocycles. The van der Waals surface area contributed by atoms with Crippen LogP contribution in [0.2, 0.25) is 0 Å². The molecule has 2 aliphatic carbocycles. The van der Waals surface area contributed by atoms with Crippen LogP contribution in [0.15, 0.2) is 73.1 Å². The zero-order chi connectivity index (χ0) is 24.8. The first-order chi connectivity index (χ1) is 18.3. The highest BCUT2D eigenvalue weighted by Crippen LogP contribution is 2.45. The molecule has 0 bridgehead atoms. The van der Waals surface area contributed by atoms with Crippen molar-refractivity contribution in [3.8, 4) is 28.2 Å². The van der Waals surface area contributed by atoms with Crippen molar-refractivity contribution in [3.63, 3.8) is 0 Å². The van der Waals surface area contributed by atoms with Crippen molar-refractivity contribution in [2.45, 2.75) is 82.6 Å². The van der Waals surface area contributed by atoms with E-state index in [1.165, 1.54) is 104 Å². The number of benzene rings is 3. The number of imidazole rings is 1. The van der Waals surface area contributed by atoms with Crippen molar-refractivity contribution < 1.29 is 8.96 Å². The van der Waals surface area contributed by atoms with Gasteiger partial charge in [-0.1, -0.05) is 68.9 Å². The van der Waals surface area contributed by atoms with Crippen molar-refractivity contribution in [2.24, 2.45) is 0 Å². The fourth-order valence-electron chi connectivity index (χ4n) is 7.32. The molecule has 0 amide bonds. The lowest BCUT2D eigenvalue weighted by Crippen LogP contribution is -2.30. The molecule has 2 nitrogen and oxygen atoms in total. The van der Waals surface area contributed by atoms with Crippen LogP contribution in [0.25, 0.3) is 28.2 Å². The summed E-state index contributed by atoms with van der Waals surface area (Å²) in [5.74, 6) is 2.24. The maximum atomic E-state index is 14.1. The minimum atomic E-state index is -0.144. The van der Waals surface area contributed by atoms with Gasteiger partial charge in [-0.3, -0.25) is 0 Å². The summed E-state index contributed by atoms with van der Waals surface area (Å²) in [5.41, 5.74) is 9.41. The molecule has 0 saturated heterocycles. The second kappa shape index (κ2) is 9.59. The Kier molecular flexibility index (Phi) is 5.95. The summed E-state index contributed by atoms with van der Waals surface area (Å²) in [4.78, 5) is 0. The van der Waals surface area contributed by atoms with E-state index in [9.17, 15) is 4.39 Å². The predicted octanol–water partition coefficient (Wildman–Crippen LogP) is 8.70. The van der Waals surface area contributed by atoms with Crippen molar-refractivity contribution in [1.29, 1.82) is 0 Å². The SMILES string of the molecule is Fc1ccc2c(c1)C[n+]1ccn(-c3c(C4CCCCC4)cc(-c4ccccc4)cc3C3CCCCC3)c1-2. The van der Waals surface area contributed by atoms with Crippen molar-refractivity contribution in [1.82, 2.24) is 4.57 Å². The van der Waals surface area contributed by atoms with Gasteiger partial charge in [0.15, 0.2) is 0 Å². The maximum absolute atomic E-state index is 14.1. The van der Waals surface area contributed by atoms with Crippen molar-refractivity contribution >= 4 is 0 Å². The molecule has 3 aromatic carbocycles. The number of aromatic nitrogens is 2. The standard InChI is InChI=1S/C34H36FN2/c35-29-16-17-30-28(20-29)23-36-18-19-37(34(30)36)33-31(25-12-6-2-7-13-25)21-27(24-10-4-1-5-11-24)22-32(33)26-14-8-3-9-15-26/h1,4-5,10-11,16-22,25-26H,2-3,6-9,12-15,23H2/q+1. The summed E-state index contributed by atoms with van der Waals surface area (Å²) in [6, 6.07) is 21.3. The predicted molar refractivity (Wildman–Crippen MR) is 148 cm³/mol. The summed E-state index contributed by atoms with van der Waals surface area (Å²) >= 11 is 0. The fraction of sp³-hybridized carbons (Fsp3) is 0.382. The summed E-state index contributed by atoms with van der Waals surface area (Å²) < 4.78 is 18.9. The van der Waals surface area contributed by atoms with E-state index in [0.29, 0.717) is 11.8 Å². The molecule has 188 valence electrons. The summed E-state index contributed by atoms with van der Waals surface area (Å²) in [5, 5.41) is 0. The van der Waals surface area contributed by atoms with Crippen LogP contribution in [-0.4, -0.2) is 4.57 Å². The molecule has 1 aliphatic heterocycles. The molecule has 7 rings (SSSR count). The Morgan fingerprint density at radius 1 is 0.703 bits per heavy atom. The Labute approximate surface area is 219 Å². The van der Waals surface area contributed by atoms with Gasteiger partial charge >= 0.3 is 0 Å². The first-order valence-electron chi connectivity index (χ1n) is 14.4. The van der Waals surface area contributed by atoms with Gasteiger partial charge < -0.3 is 0 Å². The lowest BCUT2D eigenvalue weighted by Gasteiger charge is -2.29. The highest BCUT2D eigenvalue weighted by molar-refractivity contribution is 5.72. The van der Waals surface area contributed by atoms with Crippen LogP contribution in [0.4, 0.5) is 4.39 Å². The average molecular weight is 492 g/mol. The van der Waals surface area contributed by atoms with Gasteiger partial charge in [0.2, 0.25) is 0 Å². The minimum absolute atomic E-state index is 0.144. The molecular weight excluding hydrogens is 455 g/mol. The first kappa shape index (κ1) is 23.0. The van der Waals surface area contributed by atoms with E-state index in [1.54, 1.807) is 12.1 Å². The quantitative estimate of drug-likeness (QED) is 0.222. The third-order valence-electron chi connectivity index (χ3n) is 9.15. The Hall–Kier alpha value is -3.20. The number of nitrogens with zero attached hydrogens (tertiary/aromatic N) is 2. The van der Waals surface area contributed by atoms with E-state index in [0.717, 1.165) is 12.1 Å². The fourth-order valence-corrected chi connectivity index (χ4v) is 7.32. The second-order valence-electron chi connectivity index (χ2n) is 11.5. The second-order valence-corrected chi connectivity index (χ2v) is 11.5.